The number of hydrogen-bond donors (Lipinski definition) is 1. The van der Waals surface area contributed by atoms with Crippen LogP contribution in [-0.2, 0) is 6.54 Å². The van der Waals surface area contributed by atoms with Gasteiger partial charge in [-0.3, -0.25) is 4.68 Å². The zero-order valence-electron chi connectivity index (χ0n) is 8.94. The van der Waals surface area contributed by atoms with Gasteiger partial charge in [-0.2, -0.15) is 16.9 Å². The van der Waals surface area contributed by atoms with Crippen molar-refractivity contribution in [2.24, 2.45) is 0 Å². The Bertz CT molecular complexity index is 223. The summed E-state index contributed by atoms with van der Waals surface area (Å²) in [5, 5.41) is 8.31. The lowest BCUT2D eigenvalue weighted by Gasteiger charge is -2.08. The van der Waals surface area contributed by atoms with Gasteiger partial charge in [0.2, 0.25) is 0 Å². The maximum atomic E-state index is 4.14. The average molecular weight is 213 g/mol. The van der Waals surface area contributed by atoms with Crippen molar-refractivity contribution >= 4 is 11.8 Å². The highest BCUT2D eigenvalue weighted by atomic mass is 32.2. The van der Waals surface area contributed by atoms with Gasteiger partial charge >= 0.3 is 0 Å². The highest BCUT2D eigenvalue weighted by molar-refractivity contribution is 7.99. The molecule has 1 aromatic rings. The molecule has 0 saturated carbocycles. The lowest BCUT2D eigenvalue weighted by molar-refractivity contribution is 0.547. The molecule has 1 heterocycles. The first kappa shape index (κ1) is 11.6. The predicted molar refractivity (Wildman–Crippen MR) is 62.7 cm³/mol. The first-order valence-electron chi connectivity index (χ1n) is 5.04. The molecule has 0 saturated heterocycles. The quantitative estimate of drug-likeness (QED) is 0.698. The third-order valence-electron chi connectivity index (χ3n) is 2.21. The maximum Gasteiger partial charge on any atom is 0.0533 e. The van der Waals surface area contributed by atoms with Gasteiger partial charge in [0.15, 0.2) is 0 Å². The van der Waals surface area contributed by atoms with Crippen LogP contribution in [0, 0.1) is 0 Å². The standard InChI is InChI=1S/C10H19N3S/c1-10(14-2)4-6-11-7-9-13-8-3-5-12-13/h3,5,8,10-11H,4,6-7,9H2,1-2H3. The molecule has 1 unspecified atom stereocenters. The molecule has 1 rings (SSSR count). The van der Waals surface area contributed by atoms with Gasteiger partial charge in [-0.05, 0) is 25.3 Å². The lowest BCUT2D eigenvalue weighted by Crippen LogP contribution is -2.22. The van der Waals surface area contributed by atoms with E-state index in [-0.39, 0.29) is 0 Å². The van der Waals surface area contributed by atoms with Crippen LogP contribution in [-0.4, -0.2) is 34.4 Å². The summed E-state index contributed by atoms with van der Waals surface area (Å²) < 4.78 is 1.95. The van der Waals surface area contributed by atoms with Crippen LogP contribution >= 0.6 is 11.8 Å². The van der Waals surface area contributed by atoms with Gasteiger partial charge in [0.1, 0.15) is 0 Å². The summed E-state index contributed by atoms with van der Waals surface area (Å²) in [5.74, 6) is 0. The molecule has 1 atom stereocenters. The fraction of sp³-hybridized carbons (Fsp3) is 0.700. The van der Waals surface area contributed by atoms with Crippen molar-refractivity contribution in [1.82, 2.24) is 15.1 Å². The van der Waals surface area contributed by atoms with Gasteiger partial charge in [0.05, 0.1) is 6.54 Å². The van der Waals surface area contributed by atoms with E-state index in [0.717, 1.165) is 24.9 Å². The average Bonchev–Trinajstić information content (AvgIpc) is 2.69. The minimum Gasteiger partial charge on any atom is -0.315 e. The van der Waals surface area contributed by atoms with E-state index in [1.807, 2.05) is 34.9 Å². The van der Waals surface area contributed by atoms with Crippen LogP contribution in [0.5, 0.6) is 0 Å². The van der Waals surface area contributed by atoms with Gasteiger partial charge < -0.3 is 5.32 Å². The van der Waals surface area contributed by atoms with Crippen LogP contribution in [0.1, 0.15) is 13.3 Å². The van der Waals surface area contributed by atoms with Crippen molar-refractivity contribution in [2.45, 2.75) is 25.1 Å². The Morgan fingerprint density at radius 1 is 1.50 bits per heavy atom. The molecule has 14 heavy (non-hydrogen) atoms. The molecule has 0 spiro atoms. The first-order valence-corrected chi connectivity index (χ1v) is 6.32. The molecule has 0 aromatic carbocycles. The maximum absolute atomic E-state index is 4.14. The smallest absolute Gasteiger partial charge is 0.0533 e. The summed E-state index contributed by atoms with van der Waals surface area (Å²) in [6, 6.07) is 1.95. The predicted octanol–water partition coefficient (Wildman–Crippen LogP) is 1.61. The summed E-state index contributed by atoms with van der Waals surface area (Å²) >= 11 is 1.92. The van der Waals surface area contributed by atoms with Crippen molar-refractivity contribution in [3.63, 3.8) is 0 Å². The fourth-order valence-corrected chi connectivity index (χ4v) is 1.53. The van der Waals surface area contributed by atoms with E-state index < -0.39 is 0 Å². The van der Waals surface area contributed by atoms with E-state index in [4.69, 9.17) is 0 Å². The second-order valence-corrected chi connectivity index (χ2v) is 4.63. The van der Waals surface area contributed by atoms with E-state index in [0.29, 0.717) is 0 Å². The molecular formula is C10H19N3S. The number of aromatic nitrogens is 2. The van der Waals surface area contributed by atoms with Gasteiger partial charge in [-0.25, -0.2) is 0 Å². The van der Waals surface area contributed by atoms with E-state index >= 15 is 0 Å². The molecule has 1 aromatic heterocycles. The molecule has 0 aliphatic heterocycles. The molecule has 3 nitrogen and oxygen atoms in total. The Morgan fingerprint density at radius 2 is 2.36 bits per heavy atom. The van der Waals surface area contributed by atoms with Gasteiger partial charge in [0, 0.05) is 24.2 Å². The molecule has 0 aliphatic carbocycles. The van der Waals surface area contributed by atoms with Gasteiger partial charge in [0.25, 0.3) is 0 Å². The van der Waals surface area contributed by atoms with Crippen molar-refractivity contribution < 1.29 is 0 Å². The Balaban J connectivity index is 1.95. The second-order valence-electron chi connectivity index (χ2n) is 3.35. The lowest BCUT2D eigenvalue weighted by atomic mass is 10.3. The van der Waals surface area contributed by atoms with Crippen molar-refractivity contribution in [3.05, 3.63) is 18.5 Å². The molecule has 0 fully saturated rings. The minimum absolute atomic E-state index is 0.757. The van der Waals surface area contributed by atoms with Crippen LogP contribution in [0.15, 0.2) is 18.5 Å². The monoisotopic (exact) mass is 213 g/mol. The largest absolute Gasteiger partial charge is 0.315 e. The second kappa shape index (κ2) is 6.90. The Kier molecular flexibility index (Phi) is 5.71. The highest BCUT2D eigenvalue weighted by Crippen LogP contribution is 2.07. The van der Waals surface area contributed by atoms with Crippen LogP contribution in [0.3, 0.4) is 0 Å². The van der Waals surface area contributed by atoms with Crippen LogP contribution < -0.4 is 5.32 Å². The Morgan fingerprint density at radius 3 is 3.00 bits per heavy atom. The molecule has 1 N–H and O–H groups in total. The normalized spacial score (nSPS) is 13.0. The van der Waals surface area contributed by atoms with E-state index in [1.54, 1.807) is 0 Å². The highest BCUT2D eigenvalue weighted by Gasteiger charge is 1.97. The number of rotatable bonds is 7. The molecule has 80 valence electrons. The molecular weight excluding hydrogens is 194 g/mol. The van der Waals surface area contributed by atoms with E-state index in [9.17, 15) is 0 Å². The first-order chi connectivity index (χ1) is 6.83. The van der Waals surface area contributed by atoms with Crippen LogP contribution in [0.2, 0.25) is 0 Å². The Labute approximate surface area is 90.3 Å². The van der Waals surface area contributed by atoms with Gasteiger partial charge in [-0.15, -0.1) is 0 Å². The third kappa shape index (κ3) is 4.67. The van der Waals surface area contributed by atoms with Crippen LogP contribution in [0.25, 0.3) is 0 Å². The minimum atomic E-state index is 0.757. The van der Waals surface area contributed by atoms with Crippen molar-refractivity contribution in [3.8, 4) is 0 Å². The third-order valence-corrected chi connectivity index (χ3v) is 3.25. The molecule has 0 radical (unpaired) electrons. The van der Waals surface area contributed by atoms with Crippen molar-refractivity contribution in [1.29, 1.82) is 0 Å². The van der Waals surface area contributed by atoms with Crippen molar-refractivity contribution in [2.75, 3.05) is 19.3 Å². The Hall–Kier alpha value is -0.480. The van der Waals surface area contributed by atoms with Crippen LogP contribution in [0.4, 0.5) is 0 Å². The summed E-state index contributed by atoms with van der Waals surface area (Å²) in [4.78, 5) is 0. The molecule has 0 amide bonds. The summed E-state index contributed by atoms with van der Waals surface area (Å²) in [7, 11) is 0. The molecule has 4 heteroatoms. The van der Waals surface area contributed by atoms with Gasteiger partial charge in [-0.1, -0.05) is 6.92 Å². The van der Waals surface area contributed by atoms with E-state index in [1.165, 1.54) is 6.42 Å². The summed E-state index contributed by atoms with van der Waals surface area (Å²) in [6.07, 6.45) is 7.21. The SMILES string of the molecule is CSC(C)CCNCCn1cccn1. The summed E-state index contributed by atoms with van der Waals surface area (Å²) in [6.45, 7) is 5.33. The fourth-order valence-electron chi connectivity index (χ4n) is 1.17. The summed E-state index contributed by atoms with van der Waals surface area (Å²) in [5.41, 5.74) is 0. The number of thioether (sulfide) groups is 1. The molecule has 0 bridgehead atoms. The number of nitrogens with zero attached hydrogens (tertiary/aromatic N) is 2. The number of hydrogen-bond acceptors (Lipinski definition) is 3. The molecule has 0 aliphatic rings. The zero-order chi connectivity index (χ0) is 10.2. The zero-order valence-corrected chi connectivity index (χ0v) is 9.76. The number of nitrogens with one attached hydrogen (secondary N) is 1. The van der Waals surface area contributed by atoms with E-state index in [2.05, 4.69) is 23.6 Å². The topological polar surface area (TPSA) is 29.9 Å².